The van der Waals surface area contributed by atoms with E-state index in [2.05, 4.69) is 36.6 Å². The van der Waals surface area contributed by atoms with Gasteiger partial charge in [-0.05, 0) is 50.6 Å². The average molecular weight is 234 g/mol. The van der Waals surface area contributed by atoms with Crippen LogP contribution in [0.25, 0.3) is 0 Å². The average Bonchev–Trinajstić information content (AvgIpc) is 2.30. The third-order valence-corrected chi connectivity index (χ3v) is 2.86. The number of rotatable bonds is 6. The molecule has 1 aromatic carbocycles. The first-order chi connectivity index (χ1) is 8.13. The summed E-state index contributed by atoms with van der Waals surface area (Å²) in [5.74, 6) is 0.101. The van der Waals surface area contributed by atoms with E-state index in [-0.39, 0.29) is 5.91 Å². The van der Waals surface area contributed by atoms with Crippen LogP contribution in [0, 0.1) is 13.8 Å². The summed E-state index contributed by atoms with van der Waals surface area (Å²) in [5.41, 5.74) is 3.59. The zero-order valence-corrected chi connectivity index (χ0v) is 11.0. The molecule has 0 atom stereocenters. The molecule has 17 heavy (non-hydrogen) atoms. The van der Waals surface area contributed by atoms with E-state index in [1.807, 2.05) is 13.1 Å². The van der Waals surface area contributed by atoms with Gasteiger partial charge in [0, 0.05) is 6.54 Å². The Morgan fingerprint density at radius 1 is 1.18 bits per heavy atom. The van der Waals surface area contributed by atoms with Crippen LogP contribution >= 0.6 is 0 Å². The molecule has 3 nitrogen and oxygen atoms in total. The fourth-order valence-corrected chi connectivity index (χ4v) is 1.65. The van der Waals surface area contributed by atoms with Crippen LogP contribution in [0.3, 0.4) is 0 Å². The molecule has 0 saturated carbocycles. The van der Waals surface area contributed by atoms with Gasteiger partial charge >= 0.3 is 0 Å². The van der Waals surface area contributed by atoms with Gasteiger partial charge in [-0.2, -0.15) is 0 Å². The van der Waals surface area contributed by atoms with Crippen molar-refractivity contribution in [2.45, 2.75) is 26.7 Å². The molecule has 0 aromatic heterocycles. The molecule has 1 rings (SSSR count). The Morgan fingerprint density at radius 3 is 2.59 bits per heavy atom. The first-order valence-corrected chi connectivity index (χ1v) is 6.11. The van der Waals surface area contributed by atoms with Crippen molar-refractivity contribution < 1.29 is 4.79 Å². The summed E-state index contributed by atoms with van der Waals surface area (Å²) in [5, 5.41) is 5.97. The quantitative estimate of drug-likeness (QED) is 0.734. The topological polar surface area (TPSA) is 41.1 Å². The molecule has 94 valence electrons. The summed E-state index contributed by atoms with van der Waals surface area (Å²) in [7, 11) is 1.91. The molecule has 0 radical (unpaired) electrons. The number of carbonyl (C=O) groups excluding carboxylic acids is 1. The number of hydrogen-bond donors (Lipinski definition) is 2. The zero-order chi connectivity index (χ0) is 12.7. The van der Waals surface area contributed by atoms with Crippen LogP contribution in [0.2, 0.25) is 0 Å². The van der Waals surface area contributed by atoms with Gasteiger partial charge < -0.3 is 10.6 Å². The molecule has 0 spiro atoms. The van der Waals surface area contributed by atoms with Crippen molar-refractivity contribution in [1.29, 1.82) is 0 Å². The molecule has 3 heteroatoms. The Kier molecular flexibility index (Phi) is 5.70. The Morgan fingerprint density at radius 2 is 1.94 bits per heavy atom. The largest absolute Gasteiger partial charge is 0.356 e. The van der Waals surface area contributed by atoms with Gasteiger partial charge in [-0.1, -0.05) is 18.2 Å². The normalized spacial score (nSPS) is 10.3. The molecule has 0 saturated heterocycles. The van der Waals surface area contributed by atoms with Crippen molar-refractivity contribution in [3.8, 4) is 0 Å². The minimum Gasteiger partial charge on any atom is -0.356 e. The second-order valence-electron chi connectivity index (χ2n) is 4.40. The van der Waals surface area contributed by atoms with E-state index in [1.54, 1.807) is 0 Å². The minimum atomic E-state index is 0.101. The standard InChI is InChI=1S/C14H22N2O/c1-11-5-6-13(9-12(11)2)10-14(17)16-8-4-7-15-3/h5-6,9,15H,4,7-8,10H2,1-3H3,(H,16,17). The van der Waals surface area contributed by atoms with E-state index in [9.17, 15) is 4.79 Å². The molecule has 1 amide bonds. The lowest BCUT2D eigenvalue weighted by Gasteiger charge is -2.07. The number of amides is 1. The van der Waals surface area contributed by atoms with Crippen molar-refractivity contribution in [1.82, 2.24) is 10.6 Å². The Hall–Kier alpha value is -1.35. The highest BCUT2D eigenvalue weighted by Gasteiger charge is 2.03. The van der Waals surface area contributed by atoms with E-state index < -0.39 is 0 Å². The van der Waals surface area contributed by atoms with Gasteiger partial charge in [-0.15, -0.1) is 0 Å². The molecule has 0 heterocycles. The molecule has 0 bridgehead atoms. The van der Waals surface area contributed by atoms with Gasteiger partial charge in [0.05, 0.1) is 6.42 Å². The van der Waals surface area contributed by atoms with Crippen LogP contribution in [-0.4, -0.2) is 26.0 Å². The van der Waals surface area contributed by atoms with Gasteiger partial charge in [0.15, 0.2) is 0 Å². The molecule has 0 aliphatic heterocycles. The first kappa shape index (κ1) is 13.7. The van der Waals surface area contributed by atoms with Crippen LogP contribution in [0.1, 0.15) is 23.1 Å². The lowest BCUT2D eigenvalue weighted by Crippen LogP contribution is -2.27. The maximum absolute atomic E-state index is 11.6. The van der Waals surface area contributed by atoms with Crippen LogP contribution in [0.4, 0.5) is 0 Å². The highest BCUT2D eigenvalue weighted by atomic mass is 16.1. The van der Waals surface area contributed by atoms with E-state index in [1.165, 1.54) is 11.1 Å². The van der Waals surface area contributed by atoms with Gasteiger partial charge in [0.25, 0.3) is 0 Å². The number of aryl methyl sites for hydroxylation is 2. The number of carbonyl (C=O) groups is 1. The number of nitrogens with one attached hydrogen (secondary N) is 2. The van der Waals surface area contributed by atoms with Crippen LogP contribution < -0.4 is 10.6 Å². The van der Waals surface area contributed by atoms with Crippen molar-refractivity contribution >= 4 is 5.91 Å². The number of hydrogen-bond acceptors (Lipinski definition) is 2. The first-order valence-electron chi connectivity index (χ1n) is 6.11. The predicted octanol–water partition coefficient (Wildman–Crippen LogP) is 1.57. The summed E-state index contributed by atoms with van der Waals surface area (Å²) in [4.78, 5) is 11.6. The second kappa shape index (κ2) is 7.07. The predicted molar refractivity (Wildman–Crippen MR) is 71.2 cm³/mol. The lowest BCUT2D eigenvalue weighted by molar-refractivity contribution is -0.120. The van der Waals surface area contributed by atoms with Gasteiger partial charge in [0.1, 0.15) is 0 Å². The Balaban J connectivity index is 2.37. The van der Waals surface area contributed by atoms with Crippen LogP contribution in [0.5, 0.6) is 0 Å². The molecule has 1 aromatic rings. The number of benzene rings is 1. The fraction of sp³-hybridized carbons (Fsp3) is 0.500. The molecule has 0 aliphatic carbocycles. The van der Waals surface area contributed by atoms with Crippen molar-refractivity contribution in [2.24, 2.45) is 0 Å². The summed E-state index contributed by atoms with van der Waals surface area (Å²) in [6, 6.07) is 6.18. The molecule has 0 unspecified atom stereocenters. The second-order valence-corrected chi connectivity index (χ2v) is 4.40. The summed E-state index contributed by atoms with van der Waals surface area (Å²) in [6.45, 7) is 5.83. The molecular formula is C14H22N2O. The highest BCUT2D eigenvalue weighted by molar-refractivity contribution is 5.78. The Bertz CT molecular complexity index is 374. The van der Waals surface area contributed by atoms with Gasteiger partial charge in [-0.25, -0.2) is 0 Å². The van der Waals surface area contributed by atoms with Crippen molar-refractivity contribution in [3.05, 3.63) is 34.9 Å². The maximum atomic E-state index is 11.6. The smallest absolute Gasteiger partial charge is 0.224 e. The summed E-state index contributed by atoms with van der Waals surface area (Å²) >= 11 is 0. The van der Waals surface area contributed by atoms with Crippen LogP contribution in [0.15, 0.2) is 18.2 Å². The Labute approximate surface area is 104 Å². The maximum Gasteiger partial charge on any atom is 0.224 e. The van der Waals surface area contributed by atoms with Crippen LogP contribution in [-0.2, 0) is 11.2 Å². The van der Waals surface area contributed by atoms with E-state index in [0.717, 1.165) is 25.1 Å². The fourth-order valence-electron chi connectivity index (χ4n) is 1.65. The summed E-state index contributed by atoms with van der Waals surface area (Å²) in [6.07, 6.45) is 1.44. The van der Waals surface area contributed by atoms with Crippen molar-refractivity contribution in [2.75, 3.05) is 20.1 Å². The third kappa shape index (κ3) is 5.00. The van der Waals surface area contributed by atoms with Gasteiger partial charge in [0.2, 0.25) is 5.91 Å². The van der Waals surface area contributed by atoms with E-state index in [4.69, 9.17) is 0 Å². The summed E-state index contributed by atoms with van der Waals surface area (Å²) < 4.78 is 0. The van der Waals surface area contributed by atoms with Gasteiger partial charge in [-0.3, -0.25) is 4.79 Å². The minimum absolute atomic E-state index is 0.101. The van der Waals surface area contributed by atoms with E-state index >= 15 is 0 Å². The third-order valence-electron chi connectivity index (χ3n) is 2.86. The highest BCUT2D eigenvalue weighted by Crippen LogP contribution is 2.10. The van der Waals surface area contributed by atoms with E-state index in [0.29, 0.717) is 6.42 Å². The monoisotopic (exact) mass is 234 g/mol. The molecular weight excluding hydrogens is 212 g/mol. The lowest BCUT2D eigenvalue weighted by atomic mass is 10.0. The SMILES string of the molecule is CNCCCNC(=O)Cc1ccc(C)c(C)c1. The molecule has 0 fully saturated rings. The van der Waals surface area contributed by atoms with Crippen molar-refractivity contribution in [3.63, 3.8) is 0 Å². The molecule has 2 N–H and O–H groups in total. The molecule has 0 aliphatic rings. The zero-order valence-electron chi connectivity index (χ0n) is 11.0.